The summed E-state index contributed by atoms with van der Waals surface area (Å²) in [6.45, 7) is 6.33. The number of hydrogen-bond acceptors (Lipinski definition) is 4. The Morgan fingerprint density at radius 2 is 2.12 bits per heavy atom. The molecular weight excluding hydrogens is 394 g/mol. The van der Waals surface area contributed by atoms with Crippen LogP contribution in [0.4, 0.5) is 5.82 Å². The quantitative estimate of drug-likeness (QED) is 0.788. The number of anilines is 1. The lowest BCUT2D eigenvalue weighted by Gasteiger charge is -2.32. The molecule has 1 aliphatic rings. The fourth-order valence-corrected chi connectivity index (χ4v) is 3.55. The van der Waals surface area contributed by atoms with E-state index in [0.717, 1.165) is 35.0 Å². The number of carbonyl (C=O) groups excluding carboxylic acids is 1. The molecule has 2 heterocycles. The number of phenolic OH excluding ortho intramolecular Hbond substituents is 1. The van der Waals surface area contributed by atoms with Gasteiger partial charge in [-0.15, -0.1) is 0 Å². The van der Waals surface area contributed by atoms with Gasteiger partial charge in [0, 0.05) is 29.3 Å². The van der Waals surface area contributed by atoms with Gasteiger partial charge < -0.3 is 10.4 Å². The third-order valence-corrected chi connectivity index (χ3v) is 5.41. The normalized spacial score (nSPS) is 17.9. The highest BCUT2D eigenvalue weighted by molar-refractivity contribution is 9.10. The van der Waals surface area contributed by atoms with E-state index in [4.69, 9.17) is 0 Å². The first-order valence-corrected chi connectivity index (χ1v) is 9.65. The summed E-state index contributed by atoms with van der Waals surface area (Å²) in [4.78, 5) is 19.0. The van der Waals surface area contributed by atoms with Gasteiger partial charge in [-0.25, -0.2) is 4.98 Å². The summed E-state index contributed by atoms with van der Waals surface area (Å²) in [6.07, 6.45) is 3.51. The molecule has 1 aromatic heterocycles. The van der Waals surface area contributed by atoms with Crippen molar-refractivity contribution in [2.75, 3.05) is 18.4 Å². The molecule has 0 saturated carbocycles. The Balaban J connectivity index is 1.62. The van der Waals surface area contributed by atoms with Gasteiger partial charge in [-0.3, -0.25) is 9.69 Å². The maximum atomic E-state index is 12.6. The lowest BCUT2D eigenvalue weighted by atomic mass is 9.96. The number of likely N-dealkylation sites (tertiary alicyclic amines) is 1. The van der Waals surface area contributed by atoms with Crippen LogP contribution < -0.4 is 5.32 Å². The molecule has 0 aliphatic carbocycles. The van der Waals surface area contributed by atoms with Gasteiger partial charge in [0.2, 0.25) is 5.91 Å². The Hall–Kier alpha value is -1.92. The van der Waals surface area contributed by atoms with Crippen LogP contribution >= 0.6 is 15.9 Å². The van der Waals surface area contributed by atoms with E-state index in [1.165, 1.54) is 5.56 Å². The zero-order valence-corrected chi connectivity index (χ0v) is 16.7. The summed E-state index contributed by atoms with van der Waals surface area (Å²) < 4.78 is 0.882. The van der Waals surface area contributed by atoms with E-state index in [1.807, 2.05) is 25.1 Å². The molecule has 1 aromatic carbocycles. The van der Waals surface area contributed by atoms with Crippen LogP contribution in [0.3, 0.4) is 0 Å². The summed E-state index contributed by atoms with van der Waals surface area (Å²) in [7, 11) is 0. The largest absolute Gasteiger partial charge is 0.508 e. The molecule has 1 unspecified atom stereocenters. The summed E-state index contributed by atoms with van der Waals surface area (Å²) in [6, 6.07) is 7.51. The summed E-state index contributed by atoms with van der Waals surface area (Å²) in [5.41, 5.74) is 3.18. The van der Waals surface area contributed by atoms with Crippen LogP contribution in [-0.4, -0.2) is 34.0 Å². The van der Waals surface area contributed by atoms with Gasteiger partial charge in [-0.1, -0.05) is 6.07 Å². The molecule has 1 atom stereocenters. The van der Waals surface area contributed by atoms with Crippen molar-refractivity contribution in [1.29, 1.82) is 0 Å². The van der Waals surface area contributed by atoms with E-state index in [9.17, 15) is 9.90 Å². The van der Waals surface area contributed by atoms with Crippen LogP contribution in [-0.2, 0) is 11.3 Å². The van der Waals surface area contributed by atoms with Crippen LogP contribution in [0.25, 0.3) is 0 Å². The number of amides is 1. The number of nitrogens with zero attached hydrogens (tertiary/aromatic N) is 2. The molecule has 2 N–H and O–H groups in total. The van der Waals surface area contributed by atoms with Crippen molar-refractivity contribution in [2.24, 2.45) is 5.92 Å². The predicted molar refractivity (Wildman–Crippen MR) is 106 cm³/mol. The monoisotopic (exact) mass is 417 g/mol. The molecule has 0 bridgehead atoms. The second-order valence-corrected chi connectivity index (χ2v) is 7.91. The number of aromatic nitrogens is 1. The minimum atomic E-state index is -0.0668. The number of phenols is 1. The van der Waals surface area contributed by atoms with E-state index in [1.54, 1.807) is 12.3 Å². The Kier molecular flexibility index (Phi) is 5.94. The Morgan fingerprint density at radius 3 is 2.85 bits per heavy atom. The van der Waals surface area contributed by atoms with Crippen molar-refractivity contribution >= 4 is 27.7 Å². The first-order valence-electron chi connectivity index (χ1n) is 8.86. The topological polar surface area (TPSA) is 65.5 Å². The lowest BCUT2D eigenvalue weighted by molar-refractivity contribution is -0.121. The number of benzene rings is 1. The zero-order chi connectivity index (χ0) is 18.7. The third-order valence-electron chi connectivity index (χ3n) is 4.94. The number of halogens is 1. The molecule has 138 valence electrons. The van der Waals surface area contributed by atoms with E-state index in [-0.39, 0.29) is 11.8 Å². The number of aryl methyl sites for hydroxylation is 2. The Labute approximate surface area is 162 Å². The van der Waals surface area contributed by atoms with Gasteiger partial charge in [0.25, 0.3) is 0 Å². The Morgan fingerprint density at radius 1 is 1.35 bits per heavy atom. The highest BCUT2D eigenvalue weighted by atomic mass is 79.9. The smallest absolute Gasteiger partial charge is 0.229 e. The maximum Gasteiger partial charge on any atom is 0.229 e. The fraction of sp³-hybridized carbons (Fsp3) is 0.400. The van der Waals surface area contributed by atoms with Crippen molar-refractivity contribution < 1.29 is 9.90 Å². The maximum absolute atomic E-state index is 12.6. The average Bonchev–Trinajstić information content (AvgIpc) is 2.62. The van der Waals surface area contributed by atoms with Crippen LogP contribution in [0.2, 0.25) is 0 Å². The average molecular weight is 418 g/mol. The minimum absolute atomic E-state index is 0.00818. The van der Waals surface area contributed by atoms with Crippen molar-refractivity contribution in [1.82, 2.24) is 9.88 Å². The summed E-state index contributed by atoms with van der Waals surface area (Å²) in [5.74, 6) is 0.845. The molecule has 6 heteroatoms. The molecule has 0 spiro atoms. The second-order valence-electron chi connectivity index (χ2n) is 6.99. The van der Waals surface area contributed by atoms with Gasteiger partial charge in [0.1, 0.15) is 11.6 Å². The van der Waals surface area contributed by atoms with Crippen LogP contribution in [0.5, 0.6) is 5.75 Å². The molecular formula is C20H24BrN3O2. The van der Waals surface area contributed by atoms with Crippen molar-refractivity contribution in [3.8, 4) is 5.75 Å². The molecule has 26 heavy (non-hydrogen) atoms. The van der Waals surface area contributed by atoms with Crippen LogP contribution in [0.1, 0.15) is 29.5 Å². The first kappa shape index (κ1) is 18.9. The zero-order valence-electron chi connectivity index (χ0n) is 15.1. The molecule has 3 rings (SSSR count). The van der Waals surface area contributed by atoms with Gasteiger partial charge in [0.15, 0.2) is 0 Å². The number of nitrogens with one attached hydrogen (secondary N) is 1. The minimum Gasteiger partial charge on any atom is -0.508 e. The van der Waals surface area contributed by atoms with Gasteiger partial charge in [-0.2, -0.15) is 0 Å². The molecule has 1 amide bonds. The Bertz CT molecular complexity index is 792. The van der Waals surface area contributed by atoms with E-state index < -0.39 is 0 Å². The standard InChI is InChI=1S/C20H24BrN3O2/c1-13-8-16(18(25)9-14(13)2)12-24-7-3-4-15(11-24)20(26)23-19-6-5-17(21)10-22-19/h5-6,8-10,15,25H,3-4,7,11-12H2,1-2H3,(H,22,23,26). The predicted octanol–water partition coefficient (Wildman–Crippen LogP) is 4.02. The number of aromatic hydroxyl groups is 1. The van der Waals surface area contributed by atoms with Crippen molar-refractivity contribution in [2.45, 2.75) is 33.2 Å². The SMILES string of the molecule is Cc1cc(O)c(CN2CCCC(C(=O)Nc3ccc(Br)cn3)C2)cc1C. The van der Waals surface area contributed by atoms with Gasteiger partial charge in [-0.05, 0) is 78.5 Å². The molecule has 0 radical (unpaired) electrons. The molecule has 1 aliphatic heterocycles. The third kappa shape index (κ3) is 4.62. The van der Waals surface area contributed by atoms with Gasteiger partial charge >= 0.3 is 0 Å². The number of hydrogen-bond donors (Lipinski definition) is 2. The van der Waals surface area contributed by atoms with Crippen LogP contribution in [0, 0.1) is 19.8 Å². The fourth-order valence-electron chi connectivity index (χ4n) is 3.32. The molecule has 1 fully saturated rings. The summed E-state index contributed by atoms with van der Waals surface area (Å²) in [5, 5.41) is 13.1. The molecule has 2 aromatic rings. The van der Waals surface area contributed by atoms with Gasteiger partial charge in [0.05, 0.1) is 5.92 Å². The van der Waals surface area contributed by atoms with Crippen molar-refractivity contribution in [3.05, 3.63) is 51.6 Å². The highest BCUT2D eigenvalue weighted by Crippen LogP contribution is 2.26. The number of pyridine rings is 1. The highest BCUT2D eigenvalue weighted by Gasteiger charge is 2.26. The first-order chi connectivity index (χ1) is 12.4. The van der Waals surface area contributed by atoms with E-state index in [0.29, 0.717) is 24.7 Å². The summed E-state index contributed by atoms with van der Waals surface area (Å²) >= 11 is 3.34. The van der Waals surface area contributed by atoms with Crippen molar-refractivity contribution in [3.63, 3.8) is 0 Å². The molecule has 1 saturated heterocycles. The number of rotatable bonds is 4. The number of carbonyl (C=O) groups is 1. The van der Waals surface area contributed by atoms with Crippen LogP contribution in [0.15, 0.2) is 34.9 Å². The molecule has 5 nitrogen and oxygen atoms in total. The number of piperidine rings is 1. The second kappa shape index (κ2) is 8.18. The lowest BCUT2D eigenvalue weighted by Crippen LogP contribution is -2.40. The van der Waals surface area contributed by atoms with E-state index in [2.05, 4.69) is 38.1 Å². The van der Waals surface area contributed by atoms with E-state index >= 15 is 0 Å².